The highest BCUT2D eigenvalue weighted by Gasteiger charge is 2.28. The maximum absolute atomic E-state index is 12.4. The van der Waals surface area contributed by atoms with Gasteiger partial charge in [-0.1, -0.05) is 0 Å². The fourth-order valence-corrected chi connectivity index (χ4v) is 3.33. The Morgan fingerprint density at radius 3 is 2.90 bits per heavy atom. The second-order valence-electron chi connectivity index (χ2n) is 4.45. The monoisotopic (exact) mass is 298 g/mol. The Bertz CT molecular complexity index is 571. The summed E-state index contributed by atoms with van der Waals surface area (Å²) >= 11 is 0. The largest absolute Gasteiger partial charge is 0.370 e. The van der Waals surface area contributed by atoms with Gasteiger partial charge in [0.1, 0.15) is 10.7 Å². The number of carbonyl (C=O) groups excluding carboxylic acids is 1. The molecular weight excluding hydrogens is 280 g/mol. The smallest absolute Gasteiger partial charge is 0.245 e. The lowest BCUT2D eigenvalue weighted by Crippen LogP contribution is -2.37. The molecule has 0 unspecified atom stereocenters. The number of nitrogens with zero attached hydrogens (tertiary/aromatic N) is 2. The van der Waals surface area contributed by atoms with Crippen LogP contribution in [0.25, 0.3) is 0 Å². The Kier molecular flexibility index (Phi) is 4.56. The van der Waals surface area contributed by atoms with E-state index in [4.69, 9.17) is 0 Å². The van der Waals surface area contributed by atoms with E-state index in [0.717, 1.165) is 0 Å². The Balaban J connectivity index is 2.22. The highest BCUT2D eigenvalue weighted by Crippen LogP contribution is 2.17. The summed E-state index contributed by atoms with van der Waals surface area (Å²) in [4.78, 5) is 15.6. The molecule has 20 heavy (non-hydrogen) atoms. The minimum Gasteiger partial charge on any atom is -0.370 e. The van der Waals surface area contributed by atoms with E-state index >= 15 is 0 Å². The molecule has 0 atom stereocenters. The number of amides is 1. The summed E-state index contributed by atoms with van der Waals surface area (Å²) in [6.07, 6.45) is 1.92. The molecule has 110 valence electrons. The number of pyridine rings is 1. The number of nitrogens with one attached hydrogen (secondary N) is 2. The van der Waals surface area contributed by atoms with Crippen molar-refractivity contribution in [1.29, 1.82) is 0 Å². The van der Waals surface area contributed by atoms with Crippen LogP contribution in [0.2, 0.25) is 0 Å². The van der Waals surface area contributed by atoms with Gasteiger partial charge in [-0.3, -0.25) is 4.79 Å². The van der Waals surface area contributed by atoms with Crippen molar-refractivity contribution in [2.24, 2.45) is 0 Å². The third-order valence-electron chi connectivity index (χ3n) is 2.96. The first-order chi connectivity index (χ1) is 9.54. The van der Waals surface area contributed by atoms with Gasteiger partial charge in [0.25, 0.3) is 0 Å². The van der Waals surface area contributed by atoms with E-state index in [1.165, 1.54) is 16.6 Å². The van der Waals surface area contributed by atoms with Gasteiger partial charge in [-0.05, 0) is 25.5 Å². The number of carbonyl (C=O) groups is 1. The van der Waals surface area contributed by atoms with Crippen LogP contribution < -0.4 is 10.6 Å². The minimum atomic E-state index is -3.67. The summed E-state index contributed by atoms with van der Waals surface area (Å²) < 4.78 is 26.1. The second kappa shape index (κ2) is 6.19. The van der Waals surface area contributed by atoms with Crippen molar-refractivity contribution >= 4 is 21.7 Å². The van der Waals surface area contributed by atoms with Gasteiger partial charge in [0.2, 0.25) is 15.9 Å². The Labute approximate surface area is 118 Å². The van der Waals surface area contributed by atoms with Crippen molar-refractivity contribution in [2.75, 3.05) is 31.5 Å². The highest BCUT2D eigenvalue weighted by molar-refractivity contribution is 7.89. The third kappa shape index (κ3) is 3.26. The summed E-state index contributed by atoms with van der Waals surface area (Å²) in [6, 6.07) is 3.12. The molecule has 2 N–H and O–H groups in total. The predicted octanol–water partition coefficient (Wildman–Crippen LogP) is 0.0240. The van der Waals surface area contributed by atoms with Crippen molar-refractivity contribution in [2.45, 2.75) is 18.2 Å². The van der Waals surface area contributed by atoms with Gasteiger partial charge < -0.3 is 10.6 Å². The normalized spacial score (nSPS) is 17.4. The average Bonchev–Trinajstić information content (AvgIpc) is 2.65. The molecule has 0 bridgehead atoms. The van der Waals surface area contributed by atoms with Crippen molar-refractivity contribution in [1.82, 2.24) is 14.6 Å². The van der Waals surface area contributed by atoms with E-state index in [2.05, 4.69) is 15.6 Å². The first kappa shape index (κ1) is 14.7. The average molecular weight is 298 g/mol. The van der Waals surface area contributed by atoms with E-state index in [9.17, 15) is 13.2 Å². The minimum absolute atomic E-state index is 0.105. The molecule has 0 radical (unpaired) electrons. The zero-order valence-electron chi connectivity index (χ0n) is 11.3. The zero-order chi connectivity index (χ0) is 14.6. The molecular formula is C12H18N4O3S. The van der Waals surface area contributed by atoms with Crippen LogP contribution in [0.3, 0.4) is 0 Å². The van der Waals surface area contributed by atoms with Crippen LogP contribution in [-0.2, 0) is 14.8 Å². The van der Waals surface area contributed by atoms with Gasteiger partial charge in [0.05, 0.1) is 6.54 Å². The third-order valence-corrected chi connectivity index (χ3v) is 4.79. The zero-order valence-corrected chi connectivity index (χ0v) is 12.1. The maximum atomic E-state index is 12.4. The molecule has 1 amide bonds. The topological polar surface area (TPSA) is 91.4 Å². The number of aromatic nitrogens is 1. The van der Waals surface area contributed by atoms with Crippen LogP contribution in [-0.4, -0.2) is 49.8 Å². The van der Waals surface area contributed by atoms with Gasteiger partial charge in [0, 0.05) is 25.8 Å². The number of rotatable bonds is 4. The summed E-state index contributed by atoms with van der Waals surface area (Å²) in [6.45, 7) is 3.34. The molecule has 8 heteroatoms. The fraction of sp³-hybridized carbons (Fsp3) is 0.500. The summed E-state index contributed by atoms with van der Waals surface area (Å²) in [5.74, 6) is 0.350. The molecule has 7 nitrogen and oxygen atoms in total. The van der Waals surface area contributed by atoms with Crippen LogP contribution in [0.1, 0.15) is 13.3 Å². The summed E-state index contributed by atoms with van der Waals surface area (Å²) in [5.41, 5.74) is 0. The highest BCUT2D eigenvalue weighted by atomic mass is 32.2. The Morgan fingerprint density at radius 2 is 2.25 bits per heavy atom. The molecule has 2 heterocycles. The molecule has 1 aliphatic rings. The van der Waals surface area contributed by atoms with Crippen LogP contribution in [0.4, 0.5) is 5.82 Å². The lowest BCUT2D eigenvalue weighted by Gasteiger charge is -2.18. The molecule has 0 saturated carbocycles. The van der Waals surface area contributed by atoms with Crippen LogP contribution >= 0.6 is 0 Å². The van der Waals surface area contributed by atoms with E-state index < -0.39 is 10.0 Å². The van der Waals surface area contributed by atoms with Gasteiger partial charge in [-0.2, -0.15) is 4.31 Å². The molecule has 0 aliphatic carbocycles. The quantitative estimate of drug-likeness (QED) is 0.818. The number of anilines is 1. The molecule has 0 spiro atoms. The molecule has 0 aromatic carbocycles. The molecule has 1 fully saturated rings. The standard InChI is InChI=1S/C12H18N4O3S/c1-2-13-11-5-4-10(8-15-11)20(18,19)16-7-3-6-14-12(17)9-16/h4-5,8H,2-3,6-7,9H2,1H3,(H,13,15)(H,14,17). The van der Waals surface area contributed by atoms with E-state index in [1.54, 1.807) is 6.07 Å². The molecule has 2 rings (SSSR count). The molecule has 1 saturated heterocycles. The summed E-state index contributed by atoms with van der Waals surface area (Å²) in [7, 11) is -3.67. The van der Waals surface area contributed by atoms with Gasteiger partial charge in [0.15, 0.2) is 0 Å². The first-order valence-corrected chi connectivity index (χ1v) is 7.95. The van der Waals surface area contributed by atoms with Gasteiger partial charge in [-0.15, -0.1) is 0 Å². The Hall–Kier alpha value is -1.67. The van der Waals surface area contributed by atoms with Crippen molar-refractivity contribution in [3.63, 3.8) is 0 Å². The van der Waals surface area contributed by atoms with E-state index in [0.29, 0.717) is 31.9 Å². The lowest BCUT2D eigenvalue weighted by atomic mass is 10.4. The molecule has 1 aliphatic heterocycles. The Morgan fingerprint density at radius 1 is 1.45 bits per heavy atom. The predicted molar refractivity (Wildman–Crippen MR) is 74.8 cm³/mol. The summed E-state index contributed by atoms with van der Waals surface area (Å²) in [5, 5.41) is 5.65. The van der Waals surface area contributed by atoms with E-state index in [1.807, 2.05) is 6.92 Å². The number of sulfonamides is 1. The van der Waals surface area contributed by atoms with Crippen LogP contribution in [0.5, 0.6) is 0 Å². The van der Waals surface area contributed by atoms with Crippen LogP contribution in [0, 0.1) is 0 Å². The first-order valence-electron chi connectivity index (χ1n) is 6.51. The molecule has 1 aromatic rings. The lowest BCUT2D eigenvalue weighted by molar-refractivity contribution is -0.120. The second-order valence-corrected chi connectivity index (χ2v) is 6.39. The number of hydrogen-bond acceptors (Lipinski definition) is 5. The van der Waals surface area contributed by atoms with Crippen molar-refractivity contribution in [3.8, 4) is 0 Å². The van der Waals surface area contributed by atoms with E-state index in [-0.39, 0.29) is 17.3 Å². The van der Waals surface area contributed by atoms with Gasteiger partial charge >= 0.3 is 0 Å². The SMILES string of the molecule is CCNc1ccc(S(=O)(=O)N2CCCNC(=O)C2)cn1. The number of hydrogen-bond donors (Lipinski definition) is 2. The molecule has 1 aromatic heterocycles. The maximum Gasteiger partial charge on any atom is 0.245 e. The fourth-order valence-electron chi connectivity index (χ4n) is 1.95. The van der Waals surface area contributed by atoms with Crippen molar-refractivity contribution in [3.05, 3.63) is 18.3 Å². The van der Waals surface area contributed by atoms with Crippen molar-refractivity contribution < 1.29 is 13.2 Å². The van der Waals surface area contributed by atoms with Gasteiger partial charge in [-0.25, -0.2) is 13.4 Å². The van der Waals surface area contributed by atoms with Crippen LogP contribution in [0.15, 0.2) is 23.2 Å².